The van der Waals surface area contributed by atoms with Crippen molar-refractivity contribution in [3.05, 3.63) is 46.7 Å². The first-order valence-corrected chi connectivity index (χ1v) is 9.21. The Morgan fingerprint density at radius 3 is 2.72 bits per heavy atom. The molecule has 1 unspecified atom stereocenters. The maximum atomic E-state index is 13.8. The van der Waals surface area contributed by atoms with Crippen LogP contribution in [-0.4, -0.2) is 17.6 Å². The van der Waals surface area contributed by atoms with Crippen LogP contribution in [0.3, 0.4) is 0 Å². The summed E-state index contributed by atoms with van der Waals surface area (Å²) >= 11 is 6.01. The molecule has 0 spiro atoms. The first kappa shape index (κ1) is 18.1. The normalized spacial score (nSPS) is 15.4. The van der Waals surface area contributed by atoms with Crippen molar-refractivity contribution in [1.29, 1.82) is 0 Å². The Balaban J connectivity index is 2.10. The number of hydrogen-bond donors (Lipinski definition) is 0. The zero-order valence-corrected chi connectivity index (χ0v) is 15.4. The lowest BCUT2D eigenvalue weighted by atomic mass is 9.91. The predicted octanol–water partition coefficient (Wildman–Crippen LogP) is 6.28. The number of benzene rings is 1. The second-order valence-electron chi connectivity index (χ2n) is 6.70. The van der Waals surface area contributed by atoms with E-state index in [1.807, 2.05) is 6.07 Å². The number of rotatable bonds is 5. The molecular formula is C20H23ClF2N2. The third-order valence-electron chi connectivity index (χ3n) is 4.89. The number of aryl methyl sites for hydroxylation is 1. The van der Waals surface area contributed by atoms with Crippen LogP contribution in [0.25, 0.3) is 11.1 Å². The standard InChI is InChI=1S/C20H23ClF2N2/c1-3-5-13(2)25-7-4-6-14-9-17(15-8-16(21)12-24-11-15)18(20(22)23)10-19(14)25/h8-13,20H,3-7H2,1-2H3. The summed E-state index contributed by atoms with van der Waals surface area (Å²) < 4.78 is 27.6. The van der Waals surface area contributed by atoms with Crippen LogP contribution in [0, 0.1) is 0 Å². The van der Waals surface area contributed by atoms with E-state index in [0.29, 0.717) is 22.2 Å². The lowest BCUT2D eigenvalue weighted by Crippen LogP contribution is -2.37. The lowest BCUT2D eigenvalue weighted by molar-refractivity contribution is 0.152. The predicted molar refractivity (Wildman–Crippen MR) is 99.7 cm³/mol. The van der Waals surface area contributed by atoms with Crippen LogP contribution in [0.4, 0.5) is 14.5 Å². The Labute approximate surface area is 152 Å². The molecule has 0 N–H and O–H groups in total. The first-order valence-electron chi connectivity index (χ1n) is 8.83. The molecule has 0 fully saturated rings. The van der Waals surface area contributed by atoms with E-state index >= 15 is 0 Å². The average molecular weight is 365 g/mol. The molecule has 1 aliphatic rings. The molecule has 2 heterocycles. The Kier molecular flexibility index (Phi) is 5.57. The Bertz CT molecular complexity index is 748. The van der Waals surface area contributed by atoms with Crippen LogP contribution < -0.4 is 4.90 Å². The maximum absolute atomic E-state index is 13.8. The number of pyridine rings is 1. The fourth-order valence-electron chi connectivity index (χ4n) is 3.70. The van der Waals surface area contributed by atoms with Crippen molar-refractivity contribution >= 4 is 17.3 Å². The number of hydrogen-bond acceptors (Lipinski definition) is 2. The van der Waals surface area contributed by atoms with Crippen molar-refractivity contribution in [2.24, 2.45) is 0 Å². The van der Waals surface area contributed by atoms with Crippen LogP contribution in [0.5, 0.6) is 0 Å². The minimum Gasteiger partial charge on any atom is -0.369 e. The zero-order valence-electron chi connectivity index (χ0n) is 14.6. The van der Waals surface area contributed by atoms with Gasteiger partial charge >= 0.3 is 0 Å². The van der Waals surface area contributed by atoms with Gasteiger partial charge < -0.3 is 4.90 Å². The minimum atomic E-state index is -2.54. The van der Waals surface area contributed by atoms with Gasteiger partial charge in [0.2, 0.25) is 0 Å². The molecule has 0 amide bonds. The van der Waals surface area contributed by atoms with Crippen molar-refractivity contribution in [1.82, 2.24) is 4.98 Å². The second kappa shape index (κ2) is 7.69. The van der Waals surface area contributed by atoms with Gasteiger partial charge in [-0.1, -0.05) is 24.9 Å². The molecule has 0 aliphatic carbocycles. The smallest absolute Gasteiger partial charge is 0.264 e. The highest BCUT2D eigenvalue weighted by Gasteiger charge is 2.25. The molecule has 2 nitrogen and oxygen atoms in total. The van der Waals surface area contributed by atoms with Crippen LogP contribution in [0.15, 0.2) is 30.6 Å². The van der Waals surface area contributed by atoms with E-state index < -0.39 is 6.43 Å². The lowest BCUT2D eigenvalue weighted by Gasteiger charge is -2.37. The van der Waals surface area contributed by atoms with E-state index in [1.165, 1.54) is 6.20 Å². The minimum absolute atomic E-state index is 0.0541. The van der Waals surface area contributed by atoms with Crippen molar-refractivity contribution in [2.75, 3.05) is 11.4 Å². The summed E-state index contributed by atoms with van der Waals surface area (Å²) in [6, 6.07) is 5.65. The molecular weight excluding hydrogens is 342 g/mol. The highest BCUT2D eigenvalue weighted by atomic mass is 35.5. The van der Waals surface area contributed by atoms with Gasteiger partial charge in [0, 0.05) is 41.8 Å². The van der Waals surface area contributed by atoms with Crippen LogP contribution in [-0.2, 0) is 6.42 Å². The summed E-state index contributed by atoms with van der Waals surface area (Å²) in [5.41, 5.74) is 3.33. The number of fused-ring (bicyclic) bond motifs is 1. The summed E-state index contributed by atoms with van der Waals surface area (Å²) in [5.74, 6) is 0. The SMILES string of the molecule is CCCC(C)N1CCCc2cc(-c3cncc(Cl)c3)c(C(F)F)cc21. The van der Waals surface area contributed by atoms with Gasteiger partial charge in [-0.3, -0.25) is 4.98 Å². The summed E-state index contributed by atoms with van der Waals surface area (Å²) in [4.78, 5) is 6.34. The van der Waals surface area contributed by atoms with Crippen molar-refractivity contribution < 1.29 is 8.78 Å². The van der Waals surface area contributed by atoms with Crippen molar-refractivity contribution in [2.45, 2.75) is 52.0 Å². The summed E-state index contributed by atoms with van der Waals surface area (Å²) in [7, 11) is 0. The van der Waals surface area contributed by atoms with Gasteiger partial charge in [0.25, 0.3) is 6.43 Å². The highest BCUT2D eigenvalue weighted by molar-refractivity contribution is 6.30. The number of anilines is 1. The van der Waals surface area contributed by atoms with E-state index in [0.717, 1.165) is 43.5 Å². The van der Waals surface area contributed by atoms with Gasteiger partial charge in [-0.25, -0.2) is 8.78 Å². The van der Waals surface area contributed by atoms with Gasteiger partial charge in [0.15, 0.2) is 0 Å². The summed E-state index contributed by atoms with van der Waals surface area (Å²) in [6.45, 7) is 5.26. The molecule has 1 aromatic carbocycles. The van der Waals surface area contributed by atoms with Crippen molar-refractivity contribution in [3.63, 3.8) is 0 Å². The third kappa shape index (κ3) is 3.79. The summed E-state index contributed by atoms with van der Waals surface area (Å²) in [6.07, 6.45) is 4.67. The molecule has 0 bridgehead atoms. The van der Waals surface area contributed by atoms with E-state index in [4.69, 9.17) is 11.6 Å². The Hall–Kier alpha value is -1.68. The molecule has 0 saturated carbocycles. The van der Waals surface area contributed by atoms with Crippen LogP contribution in [0.2, 0.25) is 5.02 Å². The second-order valence-corrected chi connectivity index (χ2v) is 7.13. The van der Waals surface area contributed by atoms with E-state index in [1.54, 1.807) is 18.3 Å². The molecule has 2 aromatic rings. The quantitative estimate of drug-likeness (QED) is 0.620. The topological polar surface area (TPSA) is 16.1 Å². The maximum Gasteiger partial charge on any atom is 0.264 e. The molecule has 3 rings (SSSR count). The highest BCUT2D eigenvalue weighted by Crippen LogP contribution is 2.40. The molecule has 134 valence electrons. The summed E-state index contributed by atoms with van der Waals surface area (Å²) in [5, 5.41) is 0.452. The zero-order chi connectivity index (χ0) is 18.0. The van der Waals surface area contributed by atoms with Gasteiger partial charge in [-0.05, 0) is 55.5 Å². The average Bonchev–Trinajstić information content (AvgIpc) is 2.60. The Morgan fingerprint density at radius 2 is 2.04 bits per heavy atom. The van der Waals surface area contributed by atoms with E-state index in [9.17, 15) is 8.78 Å². The molecule has 1 atom stereocenters. The first-order chi connectivity index (χ1) is 12.0. The molecule has 25 heavy (non-hydrogen) atoms. The molecule has 0 saturated heterocycles. The third-order valence-corrected chi connectivity index (χ3v) is 5.10. The van der Waals surface area contributed by atoms with E-state index in [-0.39, 0.29) is 5.56 Å². The van der Waals surface area contributed by atoms with Crippen molar-refractivity contribution in [3.8, 4) is 11.1 Å². The monoisotopic (exact) mass is 364 g/mol. The van der Waals surface area contributed by atoms with Gasteiger partial charge in [0.05, 0.1) is 5.02 Å². The number of alkyl halides is 2. The number of halogens is 3. The van der Waals surface area contributed by atoms with Crippen LogP contribution >= 0.6 is 11.6 Å². The number of nitrogens with zero attached hydrogens (tertiary/aromatic N) is 2. The van der Waals surface area contributed by atoms with Gasteiger partial charge in [-0.2, -0.15) is 0 Å². The van der Waals surface area contributed by atoms with Gasteiger partial charge in [-0.15, -0.1) is 0 Å². The molecule has 0 radical (unpaired) electrons. The van der Waals surface area contributed by atoms with Crippen LogP contribution in [0.1, 0.15) is 50.7 Å². The molecule has 1 aliphatic heterocycles. The molecule has 5 heteroatoms. The molecule has 1 aromatic heterocycles. The fraction of sp³-hybridized carbons (Fsp3) is 0.450. The largest absolute Gasteiger partial charge is 0.369 e. The van der Waals surface area contributed by atoms with Gasteiger partial charge in [0.1, 0.15) is 0 Å². The Morgan fingerprint density at radius 1 is 1.24 bits per heavy atom. The van der Waals surface area contributed by atoms with E-state index in [2.05, 4.69) is 23.7 Å². The number of aromatic nitrogens is 1. The fourth-order valence-corrected chi connectivity index (χ4v) is 3.87.